The topological polar surface area (TPSA) is 80.8 Å². The van der Waals surface area contributed by atoms with Crippen LogP contribution in [-0.2, 0) is 16.6 Å². The molecule has 9 heteroatoms. The Kier molecular flexibility index (Phi) is 6.98. The number of aromatic nitrogens is 1. The van der Waals surface area contributed by atoms with Gasteiger partial charge in [0.05, 0.1) is 14.2 Å². The maximum absolute atomic E-state index is 14.2. The molecule has 0 atom stereocenters. The van der Waals surface area contributed by atoms with Gasteiger partial charge in [-0.05, 0) is 25.5 Å². The minimum Gasteiger partial charge on any atom is -0.493 e. The van der Waals surface area contributed by atoms with E-state index in [9.17, 15) is 12.8 Å². The predicted molar refractivity (Wildman–Crippen MR) is 101 cm³/mol. The molecular formula is C18H24FN3O4S. The Morgan fingerprint density at radius 1 is 1.11 bits per heavy atom. The Balaban J connectivity index is 2.17. The monoisotopic (exact) mass is 397 g/mol. The molecule has 0 aliphatic rings. The fourth-order valence-electron chi connectivity index (χ4n) is 2.55. The summed E-state index contributed by atoms with van der Waals surface area (Å²) >= 11 is 0. The molecular weight excluding hydrogens is 373 g/mol. The highest BCUT2D eigenvalue weighted by Gasteiger charge is 2.22. The Bertz CT molecular complexity index is 869. The molecule has 0 amide bonds. The second-order valence-electron chi connectivity index (χ2n) is 5.66. The molecule has 2 aromatic rings. The van der Waals surface area contributed by atoms with Gasteiger partial charge in [0.25, 0.3) is 0 Å². The number of hydrogen-bond donors (Lipinski definition) is 1. The van der Waals surface area contributed by atoms with Gasteiger partial charge in [-0.2, -0.15) is 0 Å². The number of sulfonamides is 1. The third-order valence-corrected chi connectivity index (χ3v) is 5.51. The van der Waals surface area contributed by atoms with Gasteiger partial charge in [-0.15, -0.1) is 0 Å². The summed E-state index contributed by atoms with van der Waals surface area (Å²) in [5.74, 6) is 0.141. The van der Waals surface area contributed by atoms with E-state index in [1.165, 1.54) is 14.2 Å². The molecule has 0 aliphatic heterocycles. The first-order valence-electron chi connectivity index (χ1n) is 8.47. The van der Waals surface area contributed by atoms with Crippen LogP contribution >= 0.6 is 0 Å². The van der Waals surface area contributed by atoms with E-state index in [2.05, 4.69) is 14.6 Å². The molecule has 1 N–H and O–H groups in total. The van der Waals surface area contributed by atoms with E-state index in [-0.39, 0.29) is 18.0 Å². The minimum atomic E-state index is -4.08. The number of rotatable bonds is 9. The van der Waals surface area contributed by atoms with E-state index in [0.717, 1.165) is 31.0 Å². The molecule has 0 saturated carbocycles. The molecule has 1 aromatic heterocycles. The molecule has 1 aromatic carbocycles. The first kappa shape index (κ1) is 20.9. The Morgan fingerprint density at radius 3 is 2.26 bits per heavy atom. The van der Waals surface area contributed by atoms with Gasteiger partial charge in [-0.25, -0.2) is 22.5 Å². The SMILES string of the molecule is CCN(CC)c1ccc(CNS(=O)(=O)c2cc(OC)c(OC)cc2F)cn1. The second-order valence-corrected chi connectivity index (χ2v) is 7.39. The number of benzene rings is 1. The summed E-state index contributed by atoms with van der Waals surface area (Å²) < 4.78 is 51.6. The first-order valence-corrected chi connectivity index (χ1v) is 9.95. The molecule has 0 radical (unpaired) electrons. The van der Waals surface area contributed by atoms with Gasteiger partial charge in [-0.3, -0.25) is 0 Å². The van der Waals surface area contributed by atoms with Crippen LogP contribution in [0.5, 0.6) is 11.5 Å². The third-order valence-electron chi connectivity index (χ3n) is 4.09. The fraction of sp³-hybridized carbons (Fsp3) is 0.389. The van der Waals surface area contributed by atoms with Crippen LogP contribution in [0.4, 0.5) is 10.2 Å². The predicted octanol–water partition coefficient (Wildman–Crippen LogP) is 2.56. The highest BCUT2D eigenvalue weighted by Crippen LogP contribution is 2.31. The number of methoxy groups -OCH3 is 2. The van der Waals surface area contributed by atoms with Gasteiger partial charge in [0, 0.05) is 38.0 Å². The van der Waals surface area contributed by atoms with Gasteiger partial charge < -0.3 is 14.4 Å². The van der Waals surface area contributed by atoms with E-state index in [1.807, 2.05) is 19.9 Å². The molecule has 2 rings (SSSR count). The number of nitrogens with zero attached hydrogens (tertiary/aromatic N) is 2. The van der Waals surface area contributed by atoms with Crippen LogP contribution in [-0.4, -0.2) is 40.7 Å². The average Bonchev–Trinajstić information content (AvgIpc) is 2.67. The highest BCUT2D eigenvalue weighted by atomic mass is 32.2. The maximum Gasteiger partial charge on any atom is 0.243 e. The standard InChI is InChI=1S/C18H24FN3O4S/c1-5-22(6-2)18-8-7-13(11-20-18)12-21-27(23,24)17-10-16(26-4)15(25-3)9-14(17)19/h7-11,21H,5-6,12H2,1-4H3. The molecule has 0 unspecified atom stereocenters. The minimum absolute atomic E-state index is 0.0123. The summed E-state index contributed by atoms with van der Waals surface area (Å²) in [6.07, 6.45) is 1.60. The van der Waals surface area contributed by atoms with E-state index < -0.39 is 20.7 Å². The fourth-order valence-corrected chi connectivity index (χ4v) is 3.64. The summed E-state index contributed by atoms with van der Waals surface area (Å²) in [7, 11) is -1.39. The largest absolute Gasteiger partial charge is 0.493 e. The van der Waals surface area contributed by atoms with Crippen molar-refractivity contribution in [1.82, 2.24) is 9.71 Å². The second kappa shape index (κ2) is 9.01. The van der Waals surface area contributed by atoms with Crippen molar-refractivity contribution >= 4 is 15.8 Å². The zero-order valence-electron chi connectivity index (χ0n) is 15.8. The Labute approximate surface area is 159 Å². The number of pyridine rings is 1. The lowest BCUT2D eigenvalue weighted by Crippen LogP contribution is -2.25. The van der Waals surface area contributed by atoms with Gasteiger partial charge in [0.2, 0.25) is 10.0 Å². The highest BCUT2D eigenvalue weighted by molar-refractivity contribution is 7.89. The quantitative estimate of drug-likeness (QED) is 0.700. The zero-order chi connectivity index (χ0) is 20.0. The Hall–Kier alpha value is -2.39. The molecule has 0 saturated heterocycles. The normalized spacial score (nSPS) is 11.3. The van der Waals surface area contributed by atoms with Crippen molar-refractivity contribution < 1.29 is 22.3 Å². The first-order chi connectivity index (χ1) is 12.9. The summed E-state index contributed by atoms with van der Waals surface area (Å²) in [5, 5.41) is 0. The lowest BCUT2D eigenvalue weighted by molar-refractivity contribution is 0.350. The van der Waals surface area contributed by atoms with Crippen molar-refractivity contribution in [2.75, 3.05) is 32.2 Å². The molecule has 7 nitrogen and oxygen atoms in total. The van der Waals surface area contributed by atoms with Gasteiger partial charge in [-0.1, -0.05) is 6.07 Å². The van der Waals surface area contributed by atoms with Crippen molar-refractivity contribution in [2.45, 2.75) is 25.3 Å². The molecule has 0 aliphatic carbocycles. The van der Waals surface area contributed by atoms with Crippen LogP contribution in [0.25, 0.3) is 0 Å². The van der Waals surface area contributed by atoms with E-state index in [4.69, 9.17) is 9.47 Å². The van der Waals surface area contributed by atoms with Crippen LogP contribution in [0, 0.1) is 5.82 Å². The van der Waals surface area contributed by atoms with Crippen LogP contribution in [0.1, 0.15) is 19.4 Å². The maximum atomic E-state index is 14.2. The molecule has 27 heavy (non-hydrogen) atoms. The van der Waals surface area contributed by atoms with Crippen LogP contribution < -0.4 is 19.1 Å². The molecule has 0 spiro atoms. The van der Waals surface area contributed by atoms with E-state index >= 15 is 0 Å². The van der Waals surface area contributed by atoms with Crippen molar-refractivity contribution in [3.8, 4) is 11.5 Å². The van der Waals surface area contributed by atoms with Crippen LogP contribution in [0.2, 0.25) is 0 Å². The number of hydrogen-bond acceptors (Lipinski definition) is 6. The smallest absolute Gasteiger partial charge is 0.243 e. The van der Waals surface area contributed by atoms with Crippen molar-refractivity contribution in [3.63, 3.8) is 0 Å². The molecule has 148 valence electrons. The van der Waals surface area contributed by atoms with E-state index in [1.54, 1.807) is 12.3 Å². The summed E-state index contributed by atoms with van der Waals surface area (Å²) in [6, 6.07) is 5.69. The van der Waals surface area contributed by atoms with E-state index in [0.29, 0.717) is 5.56 Å². The van der Waals surface area contributed by atoms with Crippen molar-refractivity contribution in [2.24, 2.45) is 0 Å². The number of nitrogens with one attached hydrogen (secondary N) is 1. The third kappa shape index (κ3) is 4.86. The Morgan fingerprint density at radius 2 is 1.74 bits per heavy atom. The lowest BCUT2D eigenvalue weighted by Gasteiger charge is -2.19. The van der Waals surface area contributed by atoms with Gasteiger partial charge in [0.15, 0.2) is 11.5 Å². The average molecular weight is 397 g/mol. The molecule has 1 heterocycles. The zero-order valence-corrected chi connectivity index (χ0v) is 16.6. The summed E-state index contributed by atoms with van der Waals surface area (Å²) in [6.45, 7) is 5.71. The van der Waals surface area contributed by atoms with Gasteiger partial charge in [0.1, 0.15) is 16.5 Å². The van der Waals surface area contributed by atoms with Crippen LogP contribution in [0.3, 0.4) is 0 Å². The van der Waals surface area contributed by atoms with Crippen molar-refractivity contribution in [3.05, 3.63) is 41.8 Å². The summed E-state index contributed by atoms with van der Waals surface area (Å²) in [4.78, 5) is 5.91. The van der Waals surface area contributed by atoms with Crippen molar-refractivity contribution in [1.29, 1.82) is 0 Å². The lowest BCUT2D eigenvalue weighted by atomic mass is 10.3. The van der Waals surface area contributed by atoms with Gasteiger partial charge >= 0.3 is 0 Å². The number of anilines is 1. The number of ether oxygens (including phenoxy) is 2. The molecule has 0 bridgehead atoms. The molecule has 0 fully saturated rings. The summed E-state index contributed by atoms with van der Waals surface area (Å²) in [5.41, 5.74) is 0.662. The number of halogens is 1. The van der Waals surface area contributed by atoms with Crippen LogP contribution in [0.15, 0.2) is 35.4 Å².